The number of rotatable bonds is 4. The Balaban J connectivity index is 1.63. The second-order valence-corrected chi connectivity index (χ2v) is 7.53. The number of methoxy groups -OCH3 is 1. The Morgan fingerprint density at radius 1 is 1.12 bits per heavy atom. The Bertz CT molecular complexity index is 796. The van der Waals surface area contributed by atoms with Gasteiger partial charge < -0.3 is 9.64 Å². The summed E-state index contributed by atoms with van der Waals surface area (Å²) in [6.45, 7) is 2.21. The smallest absolute Gasteiger partial charge is 0.151 e. The average molecular weight is 339 g/mol. The minimum absolute atomic E-state index is 0.501. The second kappa shape index (κ2) is 6.91. The SMILES string of the molecule is COc1ccccc1C[NH+]1CCCC[C@@H]1c1nc2ccccc2s1. The predicted molar refractivity (Wildman–Crippen MR) is 98.7 cm³/mol. The minimum Gasteiger partial charge on any atom is -0.496 e. The van der Waals surface area contributed by atoms with E-state index >= 15 is 0 Å². The molecular formula is C20H23N2OS+. The summed E-state index contributed by atoms with van der Waals surface area (Å²) in [4.78, 5) is 6.55. The van der Waals surface area contributed by atoms with E-state index in [-0.39, 0.29) is 0 Å². The van der Waals surface area contributed by atoms with Crippen LogP contribution >= 0.6 is 11.3 Å². The van der Waals surface area contributed by atoms with Gasteiger partial charge in [-0.2, -0.15) is 0 Å². The first kappa shape index (κ1) is 15.6. The number of aromatic nitrogens is 1. The van der Waals surface area contributed by atoms with E-state index in [0.717, 1.165) is 17.8 Å². The van der Waals surface area contributed by atoms with Crippen molar-refractivity contribution >= 4 is 21.6 Å². The fourth-order valence-electron chi connectivity index (χ4n) is 3.72. The number of quaternary nitrogens is 1. The number of hydrogen-bond acceptors (Lipinski definition) is 3. The van der Waals surface area contributed by atoms with Crippen LogP contribution in [0.5, 0.6) is 5.75 Å². The topological polar surface area (TPSA) is 26.6 Å². The van der Waals surface area contributed by atoms with E-state index in [1.807, 2.05) is 17.4 Å². The number of benzene rings is 2. The Kier molecular flexibility index (Phi) is 4.50. The molecule has 0 spiro atoms. The zero-order valence-corrected chi connectivity index (χ0v) is 14.8. The van der Waals surface area contributed by atoms with E-state index in [2.05, 4.69) is 42.5 Å². The fraction of sp³-hybridized carbons (Fsp3) is 0.350. The molecule has 4 rings (SSSR count). The monoisotopic (exact) mass is 339 g/mol. The molecule has 0 bridgehead atoms. The van der Waals surface area contributed by atoms with Gasteiger partial charge in [-0.3, -0.25) is 0 Å². The van der Waals surface area contributed by atoms with E-state index < -0.39 is 0 Å². The van der Waals surface area contributed by atoms with Gasteiger partial charge in [-0.25, -0.2) is 4.98 Å². The quantitative estimate of drug-likeness (QED) is 0.786. The van der Waals surface area contributed by atoms with E-state index in [9.17, 15) is 0 Å². The summed E-state index contributed by atoms with van der Waals surface area (Å²) in [5.74, 6) is 0.999. The van der Waals surface area contributed by atoms with Gasteiger partial charge in [0.05, 0.1) is 23.9 Å². The van der Waals surface area contributed by atoms with Crippen molar-refractivity contribution in [3.05, 3.63) is 59.1 Å². The van der Waals surface area contributed by atoms with Gasteiger partial charge in [-0.15, -0.1) is 11.3 Å². The number of fused-ring (bicyclic) bond motifs is 1. The van der Waals surface area contributed by atoms with Crippen molar-refractivity contribution in [1.29, 1.82) is 0 Å². The lowest BCUT2D eigenvalue weighted by molar-refractivity contribution is -0.950. The van der Waals surface area contributed by atoms with E-state index in [0.29, 0.717) is 6.04 Å². The van der Waals surface area contributed by atoms with Crippen LogP contribution in [0.15, 0.2) is 48.5 Å². The molecule has 0 amide bonds. The lowest BCUT2D eigenvalue weighted by atomic mass is 10.0. The van der Waals surface area contributed by atoms with Crippen LogP contribution in [-0.2, 0) is 6.54 Å². The van der Waals surface area contributed by atoms with Crippen LogP contribution in [0, 0.1) is 0 Å². The summed E-state index contributed by atoms with van der Waals surface area (Å²) < 4.78 is 6.85. The van der Waals surface area contributed by atoms with Gasteiger partial charge in [0.25, 0.3) is 0 Å². The van der Waals surface area contributed by atoms with E-state index in [1.54, 1.807) is 12.0 Å². The van der Waals surface area contributed by atoms with Crippen LogP contribution in [0.2, 0.25) is 0 Å². The third-order valence-corrected chi connectivity index (χ3v) is 6.10. The highest BCUT2D eigenvalue weighted by Gasteiger charge is 2.31. The highest BCUT2D eigenvalue weighted by atomic mass is 32.1. The summed E-state index contributed by atoms with van der Waals surface area (Å²) in [7, 11) is 1.76. The molecule has 3 aromatic rings. The highest BCUT2D eigenvalue weighted by Crippen LogP contribution is 2.29. The van der Waals surface area contributed by atoms with E-state index in [1.165, 1.54) is 41.1 Å². The molecule has 2 atom stereocenters. The van der Waals surface area contributed by atoms with Crippen molar-refractivity contribution in [3.8, 4) is 5.75 Å². The van der Waals surface area contributed by atoms with Gasteiger partial charge in [0, 0.05) is 12.0 Å². The van der Waals surface area contributed by atoms with Crippen LogP contribution in [0.3, 0.4) is 0 Å². The number of nitrogens with one attached hydrogen (secondary N) is 1. The summed E-state index contributed by atoms with van der Waals surface area (Å²) in [5.41, 5.74) is 2.43. The Morgan fingerprint density at radius 3 is 2.83 bits per heavy atom. The molecule has 124 valence electrons. The summed E-state index contributed by atoms with van der Waals surface area (Å²) in [5, 5.41) is 1.29. The first-order chi connectivity index (χ1) is 11.8. The largest absolute Gasteiger partial charge is 0.496 e. The van der Waals surface area contributed by atoms with Crippen molar-refractivity contribution < 1.29 is 9.64 Å². The van der Waals surface area contributed by atoms with Crippen LogP contribution in [0.4, 0.5) is 0 Å². The number of thiazole rings is 1. The summed E-state index contributed by atoms with van der Waals surface area (Å²) in [6.07, 6.45) is 3.83. The van der Waals surface area contributed by atoms with Crippen LogP contribution in [-0.4, -0.2) is 18.6 Å². The lowest BCUT2D eigenvalue weighted by Gasteiger charge is -2.31. The molecule has 4 heteroatoms. The molecule has 24 heavy (non-hydrogen) atoms. The molecule has 0 aliphatic carbocycles. The first-order valence-corrected chi connectivity index (χ1v) is 9.49. The molecule has 1 unspecified atom stereocenters. The van der Waals surface area contributed by atoms with Gasteiger partial charge in [0.15, 0.2) is 5.01 Å². The predicted octanol–water partition coefficient (Wildman–Crippen LogP) is 3.62. The molecular weight excluding hydrogens is 316 g/mol. The van der Waals surface area contributed by atoms with Crippen LogP contribution < -0.4 is 9.64 Å². The summed E-state index contributed by atoms with van der Waals surface area (Å²) in [6, 6.07) is 17.4. The molecule has 1 aromatic heterocycles. The molecule has 1 fully saturated rings. The Labute approximate surface area is 146 Å². The van der Waals surface area contributed by atoms with Crippen molar-refractivity contribution in [2.24, 2.45) is 0 Å². The molecule has 2 aromatic carbocycles. The standard InChI is InChI=1S/C20H22N2OS/c1-23-18-11-4-2-8-15(18)14-22-13-7-6-10-17(22)20-21-16-9-3-5-12-19(16)24-20/h2-5,8-9,11-12,17H,6-7,10,13-14H2,1H3/p+1/t17-/m1/s1. The fourth-order valence-corrected chi connectivity index (χ4v) is 4.88. The Hall–Kier alpha value is -1.91. The minimum atomic E-state index is 0.501. The van der Waals surface area contributed by atoms with Crippen molar-refractivity contribution in [2.75, 3.05) is 13.7 Å². The number of para-hydroxylation sites is 2. The molecule has 0 radical (unpaired) electrons. The zero-order chi connectivity index (χ0) is 16.4. The maximum absolute atomic E-state index is 5.55. The molecule has 2 heterocycles. The van der Waals surface area contributed by atoms with Crippen molar-refractivity contribution in [1.82, 2.24) is 4.98 Å². The number of piperidine rings is 1. The van der Waals surface area contributed by atoms with Crippen LogP contribution in [0.1, 0.15) is 35.9 Å². The third-order valence-electron chi connectivity index (χ3n) is 4.95. The van der Waals surface area contributed by atoms with Crippen molar-refractivity contribution in [2.45, 2.75) is 31.8 Å². The van der Waals surface area contributed by atoms with E-state index in [4.69, 9.17) is 9.72 Å². The number of nitrogens with zero attached hydrogens (tertiary/aromatic N) is 1. The molecule has 0 saturated carbocycles. The number of hydrogen-bond donors (Lipinski definition) is 1. The molecule has 1 aliphatic heterocycles. The summed E-state index contributed by atoms with van der Waals surface area (Å²) >= 11 is 1.86. The van der Waals surface area contributed by atoms with Gasteiger partial charge in [0.2, 0.25) is 0 Å². The highest BCUT2D eigenvalue weighted by molar-refractivity contribution is 7.18. The Morgan fingerprint density at radius 2 is 1.96 bits per heavy atom. The lowest BCUT2D eigenvalue weighted by Crippen LogP contribution is -3.11. The molecule has 1 saturated heterocycles. The number of ether oxygens (including phenoxy) is 1. The first-order valence-electron chi connectivity index (χ1n) is 8.67. The van der Waals surface area contributed by atoms with Crippen LogP contribution in [0.25, 0.3) is 10.2 Å². The molecule has 1 aliphatic rings. The average Bonchev–Trinajstić information content (AvgIpc) is 3.06. The third kappa shape index (κ3) is 3.04. The maximum atomic E-state index is 5.55. The second-order valence-electron chi connectivity index (χ2n) is 6.47. The van der Waals surface area contributed by atoms with Gasteiger partial charge in [-0.1, -0.05) is 24.3 Å². The van der Waals surface area contributed by atoms with Gasteiger partial charge in [0.1, 0.15) is 18.3 Å². The zero-order valence-electron chi connectivity index (χ0n) is 14.0. The number of likely N-dealkylation sites (tertiary alicyclic amines) is 1. The van der Waals surface area contributed by atoms with Gasteiger partial charge in [-0.05, 0) is 37.1 Å². The molecule has 1 N–H and O–H groups in total. The maximum Gasteiger partial charge on any atom is 0.151 e. The van der Waals surface area contributed by atoms with Gasteiger partial charge >= 0.3 is 0 Å². The van der Waals surface area contributed by atoms with Crippen molar-refractivity contribution in [3.63, 3.8) is 0 Å². The normalized spacial score (nSPS) is 21.0. The molecule has 3 nitrogen and oxygen atoms in total.